The van der Waals surface area contributed by atoms with Crippen LogP contribution in [0.25, 0.3) is 16.3 Å². The molecule has 0 saturated heterocycles. The first kappa shape index (κ1) is 14.8. The van der Waals surface area contributed by atoms with Crippen molar-refractivity contribution in [3.05, 3.63) is 64.9 Å². The summed E-state index contributed by atoms with van der Waals surface area (Å²) < 4.78 is 20.1. The summed E-state index contributed by atoms with van der Waals surface area (Å²) in [6, 6.07) is 14.1. The molecule has 0 atom stereocenters. The Balaban J connectivity index is 1.72. The van der Waals surface area contributed by atoms with E-state index in [4.69, 9.17) is 4.74 Å². The number of nitrogens with zero attached hydrogens (tertiary/aromatic N) is 4. The van der Waals surface area contributed by atoms with Crippen LogP contribution in [0.4, 0.5) is 4.39 Å². The van der Waals surface area contributed by atoms with E-state index in [1.54, 1.807) is 23.8 Å². The van der Waals surface area contributed by atoms with Crippen LogP contribution >= 0.6 is 11.3 Å². The molecule has 2 aromatic heterocycles. The third-order valence-electron chi connectivity index (χ3n) is 3.65. The number of aromatic nitrogens is 4. The lowest BCUT2D eigenvalue weighted by atomic mass is 10.2. The van der Waals surface area contributed by atoms with Gasteiger partial charge in [-0.3, -0.25) is 0 Å². The van der Waals surface area contributed by atoms with Crippen molar-refractivity contribution in [2.45, 2.75) is 6.42 Å². The molecular formula is C17H13FN4OS. The maximum atomic E-state index is 13.0. The highest BCUT2D eigenvalue weighted by Gasteiger charge is 2.16. The van der Waals surface area contributed by atoms with Gasteiger partial charge in [-0.05, 0) is 29.8 Å². The number of halogens is 1. The average Bonchev–Trinajstić information content (AvgIpc) is 3.17. The molecule has 0 N–H and O–H groups in total. The van der Waals surface area contributed by atoms with Crippen LogP contribution in [0.2, 0.25) is 0 Å². The summed E-state index contributed by atoms with van der Waals surface area (Å²) in [5.41, 5.74) is 1.84. The van der Waals surface area contributed by atoms with E-state index < -0.39 is 0 Å². The Morgan fingerprint density at radius 1 is 1.08 bits per heavy atom. The summed E-state index contributed by atoms with van der Waals surface area (Å²) in [6.07, 6.45) is 0.625. The van der Waals surface area contributed by atoms with Gasteiger partial charge >= 0.3 is 0 Å². The molecule has 2 aromatic carbocycles. The lowest BCUT2D eigenvalue weighted by molar-refractivity contribution is 0.416. The second kappa shape index (κ2) is 6.01. The maximum absolute atomic E-state index is 13.0. The summed E-state index contributed by atoms with van der Waals surface area (Å²) in [5.74, 6) is 1.12. The molecule has 24 heavy (non-hydrogen) atoms. The Labute approximate surface area is 141 Å². The molecule has 120 valence electrons. The van der Waals surface area contributed by atoms with E-state index in [2.05, 4.69) is 15.3 Å². The zero-order valence-corrected chi connectivity index (χ0v) is 13.6. The van der Waals surface area contributed by atoms with Crippen molar-refractivity contribution in [2.75, 3.05) is 7.11 Å². The van der Waals surface area contributed by atoms with E-state index in [9.17, 15) is 4.39 Å². The number of hydrogen-bond donors (Lipinski definition) is 0. The lowest BCUT2D eigenvalue weighted by Gasteiger charge is -2.04. The van der Waals surface area contributed by atoms with Crippen molar-refractivity contribution in [1.29, 1.82) is 0 Å². The number of methoxy groups -OCH3 is 1. The molecule has 0 unspecified atom stereocenters. The normalized spacial score (nSPS) is 11.1. The highest BCUT2D eigenvalue weighted by Crippen LogP contribution is 2.29. The molecule has 0 saturated carbocycles. The number of fused-ring (bicyclic) bond motifs is 1. The summed E-state index contributed by atoms with van der Waals surface area (Å²) in [6.45, 7) is 0. The van der Waals surface area contributed by atoms with Crippen LogP contribution in [0.15, 0.2) is 48.5 Å². The summed E-state index contributed by atoms with van der Waals surface area (Å²) in [4.78, 5) is 0.716. The molecule has 7 heteroatoms. The van der Waals surface area contributed by atoms with E-state index in [0.29, 0.717) is 17.2 Å². The highest BCUT2D eigenvalue weighted by molar-refractivity contribution is 7.16. The fourth-order valence-corrected chi connectivity index (χ4v) is 3.37. The average molecular weight is 340 g/mol. The molecule has 0 aliphatic carbocycles. The minimum Gasteiger partial charge on any atom is -0.496 e. The third kappa shape index (κ3) is 2.63. The predicted molar refractivity (Wildman–Crippen MR) is 89.9 cm³/mol. The zero-order chi connectivity index (χ0) is 16.5. The van der Waals surface area contributed by atoms with Crippen LogP contribution in [-0.2, 0) is 6.42 Å². The quantitative estimate of drug-likeness (QED) is 0.570. The van der Waals surface area contributed by atoms with Gasteiger partial charge in [0.15, 0.2) is 5.82 Å². The molecule has 0 aliphatic heterocycles. The summed E-state index contributed by atoms with van der Waals surface area (Å²) in [7, 11) is 1.62. The zero-order valence-electron chi connectivity index (χ0n) is 12.8. The van der Waals surface area contributed by atoms with Crippen molar-refractivity contribution < 1.29 is 9.13 Å². The number of benzene rings is 2. The lowest BCUT2D eigenvalue weighted by Crippen LogP contribution is -1.95. The van der Waals surface area contributed by atoms with Gasteiger partial charge in [-0.15, -0.1) is 10.2 Å². The molecule has 2 heterocycles. The van der Waals surface area contributed by atoms with Crippen molar-refractivity contribution in [3.8, 4) is 17.1 Å². The number of ether oxygens (including phenoxy) is 1. The first-order chi connectivity index (χ1) is 11.7. The van der Waals surface area contributed by atoms with Crippen molar-refractivity contribution in [1.82, 2.24) is 19.8 Å². The van der Waals surface area contributed by atoms with Gasteiger partial charge in [-0.25, -0.2) is 4.39 Å². The topological polar surface area (TPSA) is 52.3 Å². The molecule has 5 nitrogen and oxygen atoms in total. The van der Waals surface area contributed by atoms with Gasteiger partial charge in [0.05, 0.1) is 12.7 Å². The van der Waals surface area contributed by atoms with Crippen LogP contribution in [0, 0.1) is 5.82 Å². The third-order valence-corrected chi connectivity index (χ3v) is 4.55. The minimum absolute atomic E-state index is 0.240. The molecule has 0 spiro atoms. The molecule has 0 radical (unpaired) electrons. The first-order valence-electron chi connectivity index (χ1n) is 7.33. The van der Waals surface area contributed by atoms with Gasteiger partial charge < -0.3 is 4.74 Å². The van der Waals surface area contributed by atoms with E-state index in [0.717, 1.165) is 21.9 Å². The van der Waals surface area contributed by atoms with E-state index in [1.807, 2.05) is 24.3 Å². The van der Waals surface area contributed by atoms with Gasteiger partial charge in [0.2, 0.25) is 4.96 Å². The molecular weight excluding hydrogens is 327 g/mol. The minimum atomic E-state index is -0.240. The first-order valence-corrected chi connectivity index (χ1v) is 8.15. The molecule has 4 rings (SSSR count). The Hall–Kier alpha value is -2.80. The number of rotatable bonds is 4. The SMILES string of the molecule is COc1ccccc1-c1nnc2sc(Cc3ccc(F)cc3)nn12. The van der Waals surface area contributed by atoms with Gasteiger partial charge in [-0.1, -0.05) is 35.6 Å². The molecule has 0 fully saturated rings. The predicted octanol–water partition coefficient (Wildman–Crippen LogP) is 3.59. The smallest absolute Gasteiger partial charge is 0.234 e. The van der Waals surface area contributed by atoms with E-state index >= 15 is 0 Å². The monoisotopic (exact) mass is 340 g/mol. The standard InChI is InChI=1S/C17H13FN4OS/c1-23-14-5-3-2-4-13(14)16-19-20-17-22(16)21-15(24-17)10-11-6-8-12(18)9-7-11/h2-9H,10H2,1H3. The van der Waals surface area contributed by atoms with E-state index in [-0.39, 0.29) is 5.82 Å². The van der Waals surface area contributed by atoms with Crippen LogP contribution in [0.1, 0.15) is 10.6 Å². The second-order valence-electron chi connectivity index (χ2n) is 5.22. The van der Waals surface area contributed by atoms with Crippen LogP contribution in [0.5, 0.6) is 5.75 Å². The number of para-hydroxylation sites is 1. The van der Waals surface area contributed by atoms with Gasteiger partial charge in [-0.2, -0.15) is 9.61 Å². The molecule has 0 bridgehead atoms. The Kier molecular flexibility index (Phi) is 3.70. The Morgan fingerprint density at radius 3 is 2.67 bits per heavy atom. The largest absolute Gasteiger partial charge is 0.496 e. The molecule has 0 aliphatic rings. The van der Waals surface area contributed by atoms with Gasteiger partial charge in [0.1, 0.15) is 16.6 Å². The number of hydrogen-bond acceptors (Lipinski definition) is 5. The van der Waals surface area contributed by atoms with E-state index in [1.165, 1.54) is 23.5 Å². The van der Waals surface area contributed by atoms with Crippen LogP contribution < -0.4 is 4.74 Å². The van der Waals surface area contributed by atoms with Crippen molar-refractivity contribution in [3.63, 3.8) is 0 Å². The highest BCUT2D eigenvalue weighted by atomic mass is 32.1. The Bertz CT molecular complexity index is 993. The molecule has 0 amide bonds. The van der Waals surface area contributed by atoms with Crippen molar-refractivity contribution >= 4 is 16.3 Å². The van der Waals surface area contributed by atoms with Gasteiger partial charge in [0, 0.05) is 6.42 Å². The summed E-state index contributed by atoms with van der Waals surface area (Å²) >= 11 is 1.47. The fourth-order valence-electron chi connectivity index (χ4n) is 2.50. The maximum Gasteiger partial charge on any atom is 0.234 e. The fraction of sp³-hybridized carbons (Fsp3) is 0.118. The molecule has 4 aromatic rings. The Morgan fingerprint density at radius 2 is 1.88 bits per heavy atom. The second-order valence-corrected chi connectivity index (χ2v) is 6.26. The van der Waals surface area contributed by atoms with Crippen LogP contribution in [0.3, 0.4) is 0 Å². The van der Waals surface area contributed by atoms with Gasteiger partial charge in [0.25, 0.3) is 0 Å². The summed E-state index contributed by atoms with van der Waals surface area (Å²) in [5, 5.41) is 13.9. The van der Waals surface area contributed by atoms with Crippen molar-refractivity contribution in [2.24, 2.45) is 0 Å². The van der Waals surface area contributed by atoms with Crippen LogP contribution in [-0.4, -0.2) is 26.9 Å².